The maximum absolute atomic E-state index is 10.7. The second kappa shape index (κ2) is 10.7. The minimum absolute atomic E-state index is 0.618. The van der Waals surface area contributed by atoms with Crippen LogP contribution in [0.3, 0.4) is 0 Å². The topological polar surface area (TPSA) is 70.6 Å². The fourth-order valence-electron chi connectivity index (χ4n) is 2.37. The lowest BCUT2D eigenvalue weighted by Crippen LogP contribution is -2.04. The van der Waals surface area contributed by atoms with Gasteiger partial charge in [0.25, 0.3) is 11.3 Å². The Kier molecular flexibility index (Phi) is 8.28. The normalized spacial score (nSPS) is 11.8. The summed E-state index contributed by atoms with van der Waals surface area (Å²) in [7, 11) is 0. The van der Waals surface area contributed by atoms with Gasteiger partial charge in [0.2, 0.25) is 0 Å². The first-order valence-electron chi connectivity index (χ1n) is 8.60. The van der Waals surface area contributed by atoms with Crippen molar-refractivity contribution in [1.82, 2.24) is 0 Å². The zero-order valence-corrected chi connectivity index (χ0v) is 15.3. The average Bonchev–Trinajstić information content (AvgIpc) is 2.61. The molecular weight excluding hydrogens is 336 g/mol. The van der Waals surface area contributed by atoms with Crippen LogP contribution in [-0.2, 0) is 17.7 Å². The van der Waals surface area contributed by atoms with Crippen LogP contribution in [0, 0.1) is 0 Å². The van der Waals surface area contributed by atoms with Crippen molar-refractivity contribution in [2.75, 3.05) is 23.2 Å². The molecule has 1 atom stereocenters. The molecule has 0 saturated heterocycles. The van der Waals surface area contributed by atoms with Gasteiger partial charge in [-0.15, -0.1) is 0 Å². The van der Waals surface area contributed by atoms with Crippen molar-refractivity contribution in [2.24, 2.45) is 0 Å². The van der Waals surface area contributed by atoms with Crippen molar-refractivity contribution in [3.05, 3.63) is 54.1 Å². The maximum Gasteiger partial charge on any atom is 0.259 e. The number of rotatable bonds is 11. The molecule has 136 valence electrons. The number of nitrogens with one attached hydrogen (secondary N) is 2. The van der Waals surface area contributed by atoms with Gasteiger partial charge in [-0.05, 0) is 61.2 Å². The molecule has 0 aliphatic carbocycles. The summed E-state index contributed by atoms with van der Waals surface area (Å²) in [5.41, 5.74) is 2.91. The minimum atomic E-state index is -2.04. The van der Waals surface area contributed by atoms with Crippen LogP contribution in [0.2, 0.25) is 0 Å². The molecule has 3 N–H and O–H groups in total. The molecule has 0 spiro atoms. The highest BCUT2D eigenvalue weighted by Crippen LogP contribution is 2.15. The van der Waals surface area contributed by atoms with E-state index < -0.39 is 11.3 Å². The van der Waals surface area contributed by atoms with Gasteiger partial charge in [-0.25, -0.2) is 4.21 Å². The van der Waals surface area contributed by atoms with Gasteiger partial charge in [-0.2, -0.15) is 0 Å². The maximum atomic E-state index is 10.7. The number of hydrogen-bond acceptors (Lipinski definition) is 3. The van der Waals surface area contributed by atoms with Gasteiger partial charge in [-0.3, -0.25) is 9.27 Å². The monoisotopic (exact) mass is 362 g/mol. The van der Waals surface area contributed by atoms with Crippen LogP contribution >= 0.6 is 0 Å². The Morgan fingerprint density at radius 3 is 2.32 bits per heavy atom. The lowest BCUT2D eigenvalue weighted by Gasteiger charge is -2.09. The Labute approximate surface area is 152 Å². The highest BCUT2D eigenvalue weighted by atomic mass is 32.2. The van der Waals surface area contributed by atoms with Crippen molar-refractivity contribution in [3.63, 3.8) is 0 Å². The number of benzene rings is 2. The average molecular weight is 362 g/mol. The lowest BCUT2D eigenvalue weighted by atomic mass is 10.1. The zero-order chi connectivity index (χ0) is 17.9. The van der Waals surface area contributed by atoms with Crippen LogP contribution in [0.25, 0.3) is 0 Å². The van der Waals surface area contributed by atoms with Gasteiger partial charge in [-0.1, -0.05) is 25.5 Å². The van der Waals surface area contributed by atoms with Crippen molar-refractivity contribution in [1.29, 1.82) is 0 Å². The molecule has 0 fully saturated rings. The molecule has 0 saturated carbocycles. The summed E-state index contributed by atoms with van der Waals surface area (Å²) < 4.78 is 27.5. The second-order valence-electron chi connectivity index (χ2n) is 5.80. The van der Waals surface area contributed by atoms with Crippen molar-refractivity contribution >= 4 is 22.6 Å². The van der Waals surface area contributed by atoms with Crippen LogP contribution in [0.4, 0.5) is 11.4 Å². The van der Waals surface area contributed by atoms with E-state index in [-0.39, 0.29) is 0 Å². The summed E-state index contributed by atoms with van der Waals surface area (Å²) in [6.07, 6.45) is 4.26. The van der Waals surface area contributed by atoms with Crippen LogP contribution in [0.5, 0.6) is 5.75 Å². The van der Waals surface area contributed by atoms with Crippen LogP contribution in [-0.4, -0.2) is 21.9 Å². The molecule has 0 aromatic heterocycles. The second-order valence-corrected chi connectivity index (χ2v) is 6.51. The van der Waals surface area contributed by atoms with E-state index in [1.807, 2.05) is 24.3 Å². The number of unbranched alkanes of at least 4 members (excludes halogenated alkanes) is 1. The van der Waals surface area contributed by atoms with E-state index in [1.165, 1.54) is 5.56 Å². The van der Waals surface area contributed by atoms with E-state index >= 15 is 0 Å². The van der Waals surface area contributed by atoms with Gasteiger partial charge in [0.15, 0.2) is 0 Å². The number of ether oxygens (including phenoxy) is 1. The number of anilines is 2. The van der Waals surface area contributed by atoms with Crippen LogP contribution < -0.4 is 14.8 Å². The fourth-order valence-corrected chi connectivity index (χ4v) is 2.71. The standard InChI is InChI=1S/C19H26N2O3S/c1-2-3-15-24-19-12-6-16(7-13-19)5-4-14-20-17-8-10-18(11-9-17)21-25(22)23/h6-13,20-21H,2-5,14-15H2,1H3,(H,22,23). The molecule has 2 aromatic rings. The third kappa shape index (κ3) is 7.58. The molecule has 1 unspecified atom stereocenters. The summed E-state index contributed by atoms with van der Waals surface area (Å²) in [5.74, 6) is 0.938. The molecule has 0 aliphatic heterocycles. The predicted octanol–water partition coefficient (Wildman–Crippen LogP) is 4.46. The van der Waals surface area contributed by atoms with Gasteiger partial charge in [0.1, 0.15) is 5.75 Å². The summed E-state index contributed by atoms with van der Waals surface area (Å²) in [5, 5.41) is 3.35. The van der Waals surface area contributed by atoms with E-state index in [0.717, 1.165) is 50.3 Å². The lowest BCUT2D eigenvalue weighted by molar-refractivity contribution is 0.309. The number of aryl methyl sites for hydroxylation is 1. The van der Waals surface area contributed by atoms with Crippen LogP contribution in [0.15, 0.2) is 48.5 Å². The SMILES string of the molecule is CCCCOc1ccc(CCCNc2ccc(NS(=O)O)cc2)cc1. The van der Waals surface area contributed by atoms with Crippen molar-refractivity contribution in [3.8, 4) is 5.75 Å². The zero-order valence-electron chi connectivity index (χ0n) is 14.5. The Morgan fingerprint density at radius 2 is 1.68 bits per heavy atom. The van der Waals surface area contributed by atoms with E-state index in [9.17, 15) is 4.21 Å². The molecule has 0 bridgehead atoms. The van der Waals surface area contributed by atoms with Gasteiger partial charge < -0.3 is 10.1 Å². The summed E-state index contributed by atoms with van der Waals surface area (Å²) in [6, 6.07) is 15.6. The molecule has 5 nitrogen and oxygen atoms in total. The Bertz CT molecular complexity index is 645. The Morgan fingerprint density at radius 1 is 1.00 bits per heavy atom. The molecule has 2 rings (SSSR count). The van der Waals surface area contributed by atoms with E-state index in [0.29, 0.717) is 5.69 Å². The Balaban J connectivity index is 1.67. The highest BCUT2D eigenvalue weighted by molar-refractivity contribution is 7.80. The van der Waals surface area contributed by atoms with Crippen molar-refractivity contribution < 1.29 is 13.5 Å². The molecule has 0 amide bonds. The molecule has 2 aromatic carbocycles. The van der Waals surface area contributed by atoms with E-state index in [4.69, 9.17) is 9.29 Å². The quantitative estimate of drug-likeness (QED) is 0.408. The smallest absolute Gasteiger partial charge is 0.259 e. The summed E-state index contributed by atoms with van der Waals surface area (Å²) >= 11 is -2.04. The summed E-state index contributed by atoms with van der Waals surface area (Å²) in [6.45, 7) is 3.80. The molecular formula is C19H26N2O3S. The minimum Gasteiger partial charge on any atom is -0.494 e. The van der Waals surface area contributed by atoms with Gasteiger partial charge in [0.05, 0.1) is 6.61 Å². The first-order chi connectivity index (χ1) is 12.2. The van der Waals surface area contributed by atoms with E-state index in [2.05, 4.69) is 29.1 Å². The third-order valence-electron chi connectivity index (χ3n) is 3.75. The molecule has 25 heavy (non-hydrogen) atoms. The Hall–Kier alpha value is -2.05. The number of hydrogen-bond donors (Lipinski definition) is 3. The largest absolute Gasteiger partial charge is 0.494 e. The van der Waals surface area contributed by atoms with E-state index in [1.54, 1.807) is 12.1 Å². The molecule has 0 radical (unpaired) electrons. The van der Waals surface area contributed by atoms with Gasteiger partial charge >= 0.3 is 0 Å². The van der Waals surface area contributed by atoms with Crippen LogP contribution in [0.1, 0.15) is 31.7 Å². The highest BCUT2D eigenvalue weighted by Gasteiger charge is 1.98. The first-order valence-corrected chi connectivity index (χ1v) is 9.71. The fraction of sp³-hybridized carbons (Fsp3) is 0.368. The third-order valence-corrected chi connectivity index (χ3v) is 4.16. The first kappa shape index (κ1) is 19.3. The van der Waals surface area contributed by atoms with Crippen molar-refractivity contribution in [2.45, 2.75) is 32.6 Å². The predicted molar refractivity (Wildman–Crippen MR) is 104 cm³/mol. The molecule has 0 aliphatic rings. The molecule has 6 heteroatoms. The van der Waals surface area contributed by atoms with Gasteiger partial charge in [0, 0.05) is 17.9 Å². The molecule has 0 heterocycles. The summed E-state index contributed by atoms with van der Waals surface area (Å²) in [4.78, 5) is 0.